The number of hydrogen-bond donors (Lipinski definition) is 1. The van der Waals surface area contributed by atoms with Crippen LogP contribution in [0.15, 0.2) is 24.3 Å². The molecule has 0 radical (unpaired) electrons. The fourth-order valence-electron chi connectivity index (χ4n) is 2.58. The minimum atomic E-state index is -4.55. The van der Waals surface area contributed by atoms with Gasteiger partial charge in [-0.15, -0.1) is 0 Å². The topological polar surface area (TPSA) is 105 Å². The molecule has 0 fully saturated rings. The summed E-state index contributed by atoms with van der Waals surface area (Å²) in [7, 11) is 1.16. The summed E-state index contributed by atoms with van der Waals surface area (Å²) in [5, 5.41) is 9.43. The van der Waals surface area contributed by atoms with Crippen molar-refractivity contribution in [3.05, 3.63) is 35.4 Å². The normalized spacial score (nSPS) is 16.2. The van der Waals surface area contributed by atoms with Gasteiger partial charge in [-0.25, -0.2) is 0 Å². The van der Waals surface area contributed by atoms with Gasteiger partial charge < -0.3 is 28.3 Å². The fourth-order valence-corrected chi connectivity index (χ4v) is 3.31. The van der Waals surface area contributed by atoms with Crippen molar-refractivity contribution < 1.29 is 37.6 Å². The third kappa shape index (κ3) is 10.7. The zero-order chi connectivity index (χ0) is 22.9. The van der Waals surface area contributed by atoms with E-state index in [1.54, 1.807) is 6.92 Å². The number of carbonyl (C=O) groups excluding carboxylic acids is 1. The van der Waals surface area contributed by atoms with Crippen molar-refractivity contribution in [3.63, 3.8) is 0 Å². The SMILES string of the molecule is CC(C)Cc1ccc(C(C)C(=O)O[C@H](CO)COP(=O)([O-])OCC[N+](C)(C)C)cc1. The Hall–Kier alpha value is -1.28. The Bertz CT molecular complexity index is 700. The van der Waals surface area contributed by atoms with Crippen LogP contribution in [0.4, 0.5) is 0 Å². The average Bonchev–Trinajstić information content (AvgIpc) is 2.63. The van der Waals surface area contributed by atoms with Gasteiger partial charge in [-0.1, -0.05) is 38.1 Å². The highest BCUT2D eigenvalue weighted by atomic mass is 31.2. The molecule has 0 aliphatic heterocycles. The third-order valence-electron chi connectivity index (χ3n) is 4.39. The molecule has 0 aliphatic rings. The van der Waals surface area contributed by atoms with Crippen molar-refractivity contribution >= 4 is 13.8 Å². The number of esters is 1. The van der Waals surface area contributed by atoms with E-state index in [1.165, 1.54) is 5.56 Å². The minimum absolute atomic E-state index is 0.0301. The number of hydrogen-bond acceptors (Lipinski definition) is 7. The van der Waals surface area contributed by atoms with Gasteiger partial charge >= 0.3 is 5.97 Å². The molecule has 1 N–H and O–H groups in total. The highest BCUT2D eigenvalue weighted by Crippen LogP contribution is 2.38. The number of phosphoric ester groups is 1. The quantitative estimate of drug-likeness (QED) is 0.282. The van der Waals surface area contributed by atoms with Gasteiger partial charge in [-0.2, -0.15) is 0 Å². The molecular formula is C21H36NO7P. The summed E-state index contributed by atoms with van der Waals surface area (Å²) in [5.74, 6) is -0.593. The van der Waals surface area contributed by atoms with Crippen molar-refractivity contribution in [2.45, 2.75) is 39.2 Å². The number of nitrogens with zero attached hydrogens (tertiary/aromatic N) is 1. The van der Waals surface area contributed by atoms with E-state index in [-0.39, 0.29) is 6.61 Å². The summed E-state index contributed by atoms with van der Waals surface area (Å²) in [4.78, 5) is 24.3. The number of quaternary nitrogens is 1. The Morgan fingerprint density at radius 2 is 1.73 bits per heavy atom. The van der Waals surface area contributed by atoms with E-state index in [1.807, 2.05) is 45.4 Å². The van der Waals surface area contributed by atoms with Crippen LogP contribution in [0.5, 0.6) is 0 Å². The Kier molecular flexibility index (Phi) is 10.6. The lowest BCUT2D eigenvalue weighted by atomic mass is 9.97. The third-order valence-corrected chi connectivity index (χ3v) is 5.36. The maximum Gasteiger partial charge on any atom is 0.313 e. The molecule has 0 spiro atoms. The zero-order valence-corrected chi connectivity index (χ0v) is 19.8. The number of aliphatic hydroxyl groups is 1. The number of likely N-dealkylation sites (N-methyl/N-ethyl adjacent to an activating group) is 1. The first-order valence-electron chi connectivity index (χ1n) is 10.1. The van der Waals surface area contributed by atoms with Crippen LogP contribution < -0.4 is 4.89 Å². The van der Waals surface area contributed by atoms with Crippen LogP contribution in [0.1, 0.15) is 37.8 Å². The number of ether oxygens (including phenoxy) is 1. The van der Waals surface area contributed by atoms with Crippen molar-refractivity contribution in [1.29, 1.82) is 0 Å². The molecule has 8 nitrogen and oxygen atoms in total. The molecule has 0 heterocycles. The molecule has 9 heteroatoms. The number of benzene rings is 1. The van der Waals surface area contributed by atoms with Gasteiger partial charge in [-0.05, 0) is 30.4 Å². The highest BCUT2D eigenvalue weighted by molar-refractivity contribution is 7.45. The Balaban J connectivity index is 2.55. The molecule has 0 aliphatic carbocycles. The van der Waals surface area contributed by atoms with Gasteiger partial charge in [0, 0.05) is 0 Å². The van der Waals surface area contributed by atoms with Gasteiger partial charge in [-0.3, -0.25) is 9.36 Å². The minimum Gasteiger partial charge on any atom is -0.756 e. The first-order valence-corrected chi connectivity index (χ1v) is 11.6. The van der Waals surface area contributed by atoms with Crippen LogP contribution in [0, 0.1) is 5.92 Å². The van der Waals surface area contributed by atoms with Crippen LogP contribution in [0.2, 0.25) is 0 Å². The van der Waals surface area contributed by atoms with Gasteiger partial charge in [0.05, 0.1) is 40.3 Å². The second-order valence-electron chi connectivity index (χ2n) is 8.89. The molecule has 172 valence electrons. The fraction of sp³-hybridized carbons (Fsp3) is 0.667. The van der Waals surface area contributed by atoms with E-state index < -0.39 is 39.0 Å². The van der Waals surface area contributed by atoms with Crippen LogP contribution in [-0.4, -0.2) is 69.2 Å². The molecule has 0 saturated heterocycles. The zero-order valence-electron chi connectivity index (χ0n) is 18.9. The molecule has 3 atom stereocenters. The predicted molar refractivity (Wildman–Crippen MR) is 113 cm³/mol. The van der Waals surface area contributed by atoms with Gasteiger partial charge in [0.15, 0.2) is 0 Å². The summed E-state index contributed by atoms with van der Waals surface area (Å²) in [5.41, 5.74) is 1.97. The van der Waals surface area contributed by atoms with Crippen molar-refractivity contribution in [3.8, 4) is 0 Å². The van der Waals surface area contributed by atoms with E-state index in [2.05, 4.69) is 13.8 Å². The second kappa shape index (κ2) is 11.9. The van der Waals surface area contributed by atoms with E-state index in [4.69, 9.17) is 13.8 Å². The smallest absolute Gasteiger partial charge is 0.313 e. The van der Waals surface area contributed by atoms with Gasteiger partial charge in [0.25, 0.3) is 7.82 Å². The largest absolute Gasteiger partial charge is 0.756 e. The number of rotatable bonds is 13. The number of phosphoric acid groups is 1. The van der Waals surface area contributed by atoms with Crippen LogP contribution in [0.25, 0.3) is 0 Å². The Morgan fingerprint density at radius 3 is 2.23 bits per heavy atom. The summed E-state index contributed by atoms with van der Waals surface area (Å²) in [6.07, 6.45) is -0.154. The lowest BCUT2D eigenvalue weighted by Gasteiger charge is -2.28. The first-order chi connectivity index (χ1) is 13.8. The van der Waals surface area contributed by atoms with E-state index in [0.29, 0.717) is 16.9 Å². The molecule has 0 saturated carbocycles. The molecule has 0 bridgehead atoms. The summed E-state index contributed by atoms with van der Waals surface area (Å²) < 4.78 is 27.2. The molecular weight excluding hydrogens is 409 g/mol. The summed E-state index contributed by atoms with van der Waals surface area (Å²) in [6, 6.07) is 7.71. The first kappa shape index (κ1) is 26.8. The lowest BCUT2D eigenvalue weighted by Crippen LogP contribution is -2.37. The Labute approximate surface area is 180 Å². The molecule has 30 heavy (non-hydrogen) atoms. The molecule has 0 amide bonds. The predicted octanol–water partition coefficient (Wildman–Crippen LogP) is 2.10. The van der Waals surface area contributed by atoms with E-state index in [0.717, 1.165) is 12.0 Å². The van der Waals surface area contributed by atoms with Crippen molar-refractivity contribution in [2.75, 3.05) is 47.5 Å². The maximum atomic E-state index is 12.4. The molecule has 2 unspecified atom stereocenters. The van der Waals surface area contributed by atoms with Crippen LogP contribution >= 0.6 is 7.82 Å². The molecule has 1 rings (SSSR count). The standard InChI is InChI=1S/C21H36NO7P/c1-16(2)13-18-7-9-19(10-8-18)17(3)21(24)29-20(14-23)15-28-30(25,26)27-12-11-22(4,5)6/h7-10,16-17,20,23H,11-15H2,1-6H3/t17?,20-/m1/s1. The van der Waals surface area contributed by atoms with Crippen molar-refractivity contribution in [2.24, 2.45) is 5.92 Å². The van der Waals surface area contributed by atoms with E-state index >= 15 is 0 Å². The summed E-state index contributed by atoms with van der Waals surface area (Å²) in [6.45, 7) is 5.35. The Morgan fingerprint density at radius 1 is 1.13 bits per heavy atom. The highest BCUT2D eigenvalue weighted by Gasteiger charge is 2.23. The molecule has 1 aromatic rings. The van der Waals surface area contributed by atoms with Crippen molar-refractivity contribution in [1.82, 2.24) is 0 Å². The second-order valence-corrected chi connectivity index (χ2v) is 10.3. The monoisotopic (exact) mass is 445 g/mol. The number of aliphatic hydroxyl groups excluding tert-OH is 1. The maximum absolute atomic E-state index is 12.4. The number of carbonyl (C=O) groups is 1. The lowest BCUT2D eigenvalue weighted by molar-refractivity contribution is -0.870. The van der Waals surface area contributed by atoms with Gasteiger partial charge in [0.1, 0.15) is 19.3 Å². The van der Waals surface area contributed by atoms with Crippen LogP contribution in [-0.2, 0) is 29.6 Å². The molecule has 0 aromatic heterocycles. The molecule has 1 aromatic carbocycles. The van der Waals surface area contributed by atoms with E-state index in [9.17, 15) is 19.4 Å². The summed E-state index contributed by atoms with van der Waals surface area (Å²) >= 11 is 0. The van der Waals surface area contributed by atoms with Gasteiger partial charge in [0.2, 0.25) is 0 Å². The van der Waals surface area contributed by atoms with Crippen LogP contribution in [0.3, 0.4) is 0 Å². The average molecular weight is 445 g/mol.